The molecule has 0 radical (unpaired) electrons. The summed E-state index contributed by atoms with van der Waals surface area (Å²) in [5, 5.41) is 0. The molecule has 0 aliphatic heterocycles. The second kappa shape index (κ2) is 6.90. The zero-order valence-electron chi connectivity index (χ0n) is 12.4. The van der Waals surface area contributed by atoms with E-state index in [0.29, 0.717) is 11.8 Å². The Balaban J connectivity index is 2.06. The molecule has 0 unspecified atom stereocenters. The van der Waals surface area contributed by atoms with Crippen molar-refractivity contribution in [3.05, 3.63) is 23.2 Å². The summed E-state index contributed by atoms with van der Waals surface area (Å²) in [6.07, 6.45) is 6.57. The molecule has 0 aromatic carbocycles. The molecule has 0 bridgehead atoms. The summed E-state index contributed by atoms with van der Waals surface area (Å²) in [7, 11) is 0. The van der Waals surface area contributed by atoms with Crippen molar-refractivity contribution >= 4 is 5.91 Å². The number of furan rings is 1. The Labute approximate surface area is 120 Å². The van der Waals surface area contributed by atoms with Crippen LogP contribution >= 0.6 is 0 Å². The van der Waals surface area contributed by atoms with Crippen molar-refractivity contribution in [2.24, 2.45) is 5.84 Å². The van der Waals surface area contributed by atoms with E-state index >= 15 is 0 Å². The Morgan fingerprint density at radius 2 is 2.15 bits per heavy atom. The van der Waals surface area contributed by atoms with E-state index in [2.05, 4.69) is 17.2 Å². The SMILES string of the molecule is CCN(Cc1cc(C(=O)NN)oc1C)C1CCCCC1. The number of nitrogens with two attached hydrogens (primary N) is 1. The summed E-state index contributed by atoms with van der Waals surface area (Å²) in [4.78, 5) is 14.0. The summed E-state index contributed by atoms with van der Waals surface area (Å²) < 4.78 is 5.48. The second-order valence-corrected chi connectivity index (χ2v) is 5.52. The van der Waals surface area contributed by atoms with E-state index in [4.69, 9.17) is 10.3 Å². The monoisotopic (exact) mass is 279 g/mol. The molecular formula is C15H25N3O2. The normalized spacial score (nSPS) is 16.6. The van der Waals surface area contributed by atoms with Gasteiger partial charge in [-0.1, -0.05) is 26.2 Å². The summed E-state index contributed by atoms with van der Waals surface area (Å²) in [6.45, 7) is 5.96. The molecule has 0 atom stereocenters. The van der Waals surface area contributed by atoms with Crippen LogP contribution in [0.25, 0.3) is 0 Å². The largest absolute Gasteiger partial charge is 0.456 e. The maximum absolute atomic E-state index is 11.5. The molecule has 1 aromatic heterocycles. The van der Waals surface area contributed by atoms with Gasteiger partial charge in [0.05, 0.1) is 0 Å². The Morgan fingerprint density at radius 3 is 2.75 bits per heavy atom. The first-order valence-electron chi connectivity index (χ1n) is 7.50. The molecular weight excluding hydrogens is 254 g/mol. The molecule has 3 N–H and O–H groups in total. The topological polar surface area (TPSA) is 71.5 Å². The lowest BCUT2D eigenvalue weighted by Crippen LogP contribution is -2.36. The quantitative estimate of drug-likeness (QED) is 0.493. The first kappa shape index (κ1) is 15.1. The zero-order chi connectivity index (χ0) is 14.5. The first-order valence-corrected chi connectivity index (χ1v) is 7.50. The van der Waals surface area contributed by atoms with Crippen LogP contribution in [-0.2, 0) is 6.54 Å². The number of aryl methyl sites for hydroxylation is 1. The number of rotatable bonds is 5. The van der Waals surface area contributed by atoms with Gasteiger partial charge in [-0.3, -0.25) is 15.1 Å². The number of nitrogens with zero attached hydrogens (tertiary/aromatic N) is 1. The van der Waals surface area contributed by atoms with Gasteiger partial charge in [-0.25, -0.2) is 5.84 Å². The highest BCUT2D eigenvalue weighted by atomic mass is 16.4. The molecule has 5 heteroatoms. The number of hydrogen-bond acceptors (Lipinski definition) is 4. The van der Waals surface area contributed by atoms with E-state index in [1.54, 1.807) is 0 Å². The fourth-order valence-corrected chi connectivity index (χ4v) is 3.02. The molecule has 0 spiro atoms. The van der Waals surface area contributed by atoms with Crippen molar-refractivity contribution in [2.75, 3.05) is 6.54 Å². The minimum Gasteiger partial charge on any atom is -0.456 e. The van der Waals surface area contributed by atoms with Crippen LogP contribution in [0.4, 0.5) is 0 Å². The van der Waals surface area contributed by atoms with Crippen molar-refractivity contribution in [1.29, 1.82) is 0 Å². The van der Waals surface area contributed by atoms with Gasteiger partial charge in [-0.05, 0) is 32.4 Å². The van der Waals surface area contributed by atoms with Gasteiger partial charge in [0.2, 0.25) is 0 Å². The van der Waals surface area contributed by atoms with Gasteiger partial charge in [-0.2, -0.15) is 0 Å². The average molecular weight is 279 g/mol. The van der Waals surface area contributed by atoms with Crippen molar-refractivity contribution in [3.8, 4) is 0 Å². The van der Waals surface area contributed by atoms with E-state index in [9.17, 15) is 4.79 Å². The highest BCUT2D eigenvalue weighted by Gasteiger charge is 2.22. The Bertz CT molecular complexity index is 450. The fourth-order valence-electron chi connectivity index (χ4n) is 3.02. The molecule has 1 aromatic rings. The first-order chi connectivity index (χ1) is 9.65. The molecule has 5 nitrogen and oxygen atoms in total. The van der Waals surface area contributed by atoms with Crippen LogP contribution in [0, 0.1) is 6.92 Å². The zero-order valence-corrected chi connectivity index (χ0v) is 12.4. The third-order valence-corrected chi connectivity index (χ3v) is 4.25. The van der Waals surface area contributed by atoms with E-state index in [-0.39, 0.29) is 5.91 Å². The van der Waals surface area contributed by atoms with Crippen LogP contribution in [0.1, 0.15) is 60.9 Å². The van der Waals surface area contributed by atoms with Crippen LogP contribution in [-0.4, -0.2) is 23.4 Å². The average Bonchev–Trinajstić information content (AvgIpc) is 2.86. The lowest BCUT2D eigenvalue weighted by Gasteiger charge is -2.33. The van der Waals surface area contributed by atoms with Crippen molar-refractivity contribution < 1.29 is 9.21 Å². The molecule has 1 saturated carbocycles. The molecule has 1 aliphatic rings. The molecule has 1 amide bonds. The Morgan fingerprint density at radius 1 is 1.45 bits per heavy atom. The number of carbonyl (C=O) groups excluding carboxylic acids is 1. The summed E-state index contributed by atoms with van der Waals surface area (Å²) in [5.41, 5.74) is 3.19. The third kappa shape index (κ3) is 3.41. The molecule has 0 saturated heterocycles. The van der Waals surface area contributed by atoms with Crippen LogP contribution in [0.15, 0.2) is 10.5 Å². The van der Waals surface area contributed by atoms with Gasteiger partial charge in [0, 0.05) is 18.2 Å². The minimum atomic E-state index is -0.375. The van der Waals surface area contributed by atoms with Gasteiger partial charge in [0.25, 0.3) is 0 Å². The van der Waals surface area contributed by atoms with Crippen LogP contribution in [0.2, 0.25) is 0 Å². The second-order valence-electron chi connectivity index (χ2n) is 5.52. The smallest absolute Gasteiger partial charge is 0.300 e. The number of carbonyl (C=O) groups is 1. The van der Waals surface area contributed by atoms with E-state index in [1.807, 2.05) is 13.0 Å². The lowest BCUT2D eigenvalue weighted by molar-refractivity contribution is 0.0924. The number of amides is 1. The molecule has 1 aliphatic carbocycles. The third-order valence-electron chi connectivity index (χ3n) is 4.25. The van der Waals surface area contributed by atoms with E-state index < -0.39 is 0 Å². The minimum absolute atomic E-state index is 0.291. The van der Waals surface area contributed by atoms with Crippen molar-refractivity contribution in [3.63, 3.8) is 0 Å². The lowest BCUT2D eigenvalue weighted by atomic mass is 9.94. The maximum atomic E-state index is 11.5. The van der Waals surface area contributed by atoms with Crippen LogP contribution in [0.3, 0.4) is 0 Å². The van der Waals surface area contributed by atoms with Gasteiger partial charge in [-0.15, -0.1) is 0 Å². The highest BCUT2D eigenvalue weighted by molar-refractivity contribution is 5.91. The fraction of sp³-hybridized carbons (Fsp3) is 0.667. The number of hydrazine groups is 1. The van der Waals surface area contributed by atoms with Crippen molar-refractivity contribution in [1.82, 2.24) is 10.3 Å². The maximum Gasteiger partial charge on any atom is 0.300 e. The molecule has 20 heavy (non-hydrogen) atoms. The standard InChI is InChI=1S/C15H25N3O2/c1-3-18(13-7-5-4-6-8-13)10-12-9-14(15(19)17-16)20-11(12)2/h9,13H,3-8,10,16H2,1-2H3,(H,17,19). The molecule has 1 heterocycles. The number of nitrogen functional groups attached to an aromatic ring is 1. The molecule has 112 valence electrons. The van der Waals surface area contributed by atoms with Crippen LogP contribution in [0.5, 0.6) is 0 Å². The summed E-state index contributed by atoms with van der Waals surface area (Å²) in [5.74, 6) is 5.86. The Hall–Kier alpha value is -1.33. The van der Waals surface area contributed by atoms with E-state index in [0.717, 1.165) is 24.4 Å². The Kier molecular flexibility index (Phi) is 5.20. The molecule has 2 rings (SSSR count). The number of nitrogens with one attached hydrogen (secondary N) is 1. The van der Waals surface area contributed by atoms with Gasteiger partial charge < -0.3 is 4.42 Å². The van der Waals surface area contributed by atoms with Crippen LogP contribution < -0.4 is 11.3 Å². The van der Waals surface area contributed by atoms with Gasteiger partial charge in [0.1, 0.15) is 5.76 Å². The highest BCUT2D eigenvalue weighted by Crippen LogP contribution is 2.25. The van der Waals surface area contributed by atoms with Crippen molar-refractivity contribution in [2.45, 2.75) is 58.5 Å². The predicted octanol–water partition coefficient (Wildman–Crippen LogP) is 2.35. The van der Waals surface area contributed by atoms with Gasteiger partial charge >= 0.3 is 5.91 Å². The number of hydrogen-bond donors (Lipinski definition) is 2. The summed E-state index contributed by atoms with van der Waals surface area (Å²) in [6, 6.07) is 2.47. The van der Waals surface area contributed by atoms with E-state index in [1.165, 1.54) is 32.1 Å². The predicted molar refractivity (Wildman–Crippen MR) is 78.1 cm³/mol. The summed E-state index contributed by atoms with van der Waals surface area (Å²) >= 11 is 0. The molecule has 1 fully saturated rings. The van der Waals surface area contributed by atoms with Gasteiger partial charge in [0.15, 0.2) is 5.76 Å².